The molecule has 0 aliphatic rings. The Labute approximate surface area is 230 Å². The zero-order valence-electron chi connectivity index (χ0n) is 22.6. The van der Waals surface area contributed by atoms with Crippen LogP contribution in [0.25, 0.3) is 0 Å². The molecule has 0 saturated carbocycles. The number of hydrogen-bond acceptors (Lipinski definition) is 4. The van der Waals surface area contributed by atoms with Gasteiger partial charge in [0, 0.05) is 25.1 Å². The first-order valence-electron chi connectivity index (χ1n) is 13.0. The number of unbranched alkanes of at least 4 members (excludes halogenated alkanes) is 1. The van der Waals surface area contributed by atoms with Gasteiger partial charge < -0.3 is 10.2 Å². The van der Waals surface area contributed by atoms with Crippen molar-refractivity contribution in [3.8, 4) is 0 Å². The molecule has 9 heteroatoms. The van der Waals surface area contributed by atoms with Crippen LogP contribution in [-0.2, 0) is 32.6 Å². The van der Waals surface area contributed by atoms with E-state index >= 15 is 0 Å². The highest BCUT2D eigenvalue weighted by Gasteiger charge is 2.33. The molecule has 0 unspecified atom stereocenters. The average molecular weight is 554 g/mol. The van der Waals surface area contributed by atoms with Crippen molar-refractivity contribution in [1.29, 1.82) is 0 Å². The highest BCUT2D eigenvalue weighted by atomic mass is 32.2. The summed E-state index contributed by atoms with van der Waals surface area (Å²) in [6.07, 6.45) is 2.86. The molecule has 0 aromatic heterocycles. The van der Waals surface area contributed by atoms with E-state index in [-0.39, 0.29) is 24.4 Å². The molecule has 0 heterocycles. The van der Waals surface area contributed by atoms with Gasteiger partial charge in [-0.3, -0.25) is 13.9 Å². The van der Waals surface area contributed by atoms with E-state index in [9.17, 15) is 22.4 Å². The number of halogens is 1. The van der Waals surface area contributed by atoms with Gasteiger partial charge in [-0.25, -0.2) is 12.8 Å². The lowest BCUT2D eigenvalue weighted by Crippen LogP contribution is -2.53. The molecule has 2 amide bonds. The maximum absolute atomic E-state index is 14.8. The zero-order chi connectivity index (χ0) is 28.4. The Morgan fingerprint density at radius 3 is 2.23 bits per heavy atom. The van der Waals surface area contributed by atoms with Crippen molar-refractivity contribution in [3.05, 3.63) is 101 Å². The van der Waals surface area contributed by atoms with Crippen molar-refractivity contribution < 1.29 is 22.4 Å². The minimum Gasteiger partial charge on any atom is -0.354 e. The number of benzene rings is 3. The minimum atomic E-state index is -3.86. The summed E-state index contributed by atoms with van der Waals surface area (Å²) in [5.41, 5.74) is 2.09. The number of nitrogens with one attached hydrogen (secondary N) is 1. The number of hydrogen-bond donors (Lipinski definition) is 1. The van der Waals surface area contributed by atoms with Gasteiger partial charge in [-0.15, -0.1) is 0 Å². The highest BCUT2D eigenvalue weighted by Crippen LogP contribution is 2.24. The van der Waals surface area contributed by atoms with Gasteiger partial charge in [0.05, 0.1) is 11.9 Å². The number of para-hydroxylation sites is 1. The third-order valence-electron chi connectivity index (χ3n) is 6.46. The molecule has 0 radical (unpaired) electrons. The Kier molecular flexibility index (Phi) is 10.6. The standard InChI is InChI=1S/C30H36FN3O4S/c1-4-5-19-32-30(36)28(20-24-14-7-6-8-15-24)33(21-25-16-10-11-17-26(25)31)29(35)22-34(39(3,37)38)27-18-12-9-13-23(27)2/h6-18,28H,4-5,19-22H2,1-3H3,(H,32,36)/t28-/m0/s1. The second-order valence-corrected chi connectivity index (χ2v) is 11.4. The van der Waals surface area contributed by atoms with E-state index in [1.807, 2.05) is 37.3 Å². The molecule has 39 heavy (non-hydrogen) atoms. The van der Waals surface area contributed by atoms with Crippen molar-refractivity contribution in [2.24, 2.45) is 0 Å². The molecule has 1 N–H and O–H groups in total. The molecular formula is C30H36FN3O4S. The normalized spacial score (nSPS) is 12.0. The minimum absolute atomic E-state index is 0.183. The van der Waals surface area contributed by atoms with Crippen molar-refractivity contribution in [2.75, 3.05) is 23.7 Å². The molecule has 0 bridgehead atoms. The van der Waals surface area contributed by atoms with Crippen LogP contribution in [0.2, 0.25) is 0 Å². The van der Waals surface area contributed by atoms with E-state index in [0.29, 0.717) is 17.8 Å². The van der Waals surface area contributed by atoms with Gasteiger partial charge in [-0.2, -0.15) is 0 Å². The van der Waals surface area contributed by atoms with Crippen LogP contribution in [0.15, 0.2) is 78.9 Å². The van der Waals surface area contributed by atoms with Gasteiger partial charge >= 0.3 is 0 Å². The van der Waals surface area contributed by atoms with E-state index in [1.54, 1.807) is 49.4 Å². The fourth-order valence-electron chi connectivity index (χ4n) is 4.31. The summed E-state index contributed by atoms with van der Waals surface area (Å²) in [7, 11) is -3.86. The van der Waals surface area contributed by atoms with E-state index in [4.69, 9.17) is 0 Å². The van der Waals surface area contributed by atoms with Crippen LogP contribution in [0.3, 0.4) is 0 Å². The summed E-state index contributed by atoms with van der Waals surface area (Å²) in [6, 6.07) is 21.2. The lowest BCUT2D eigenvalue weighted by molar-refractivity contribution is -0.140. The number of carbonyl (C=O) groups excluding carboxylic acids is 2. The van der Waals surface area contributed by atoms with E-state index in [2.05, 4.69) is 5.32 Å². The van der Waals surface area contributed by atoms with Crippen LogP contribution >= 0.6 is 0 Å². The lowest BCUT2D eigenvalue weighted by atomic mass is 10.0. The number of amides is 2. The maximum atomic E-state index is 14.8. The van der Waals surface area contributed by atoms with E-state index < -0.39 is 34.3 Å². The summed E-state index contributed by atoms with van der Waals surface area (Å²) in [5.74, 6) is -1.50. The topological polar surface area (TPSA) is 86.8 Å². The molecule has 0 fully saturated rings. The zero-order valence-corrected chi connectivity index (χ0v) is 23.5. The number of sulfonamides is 1. The molecule has 0 aliphatic carbocycles. The van der Waals surface area contributed by atoms with Gasteiger partial charge in [0.25, 0.3) is 0 Å². The molecule has 208 valence electrons. The molecular weight excluding hydrogens is 517 g/mol. The molecule has 3 rings (SSSR count). The Balaban J connectivity index is 2.05. The largest absolute Gasteiger partial charge is 0.354 e. The molecule has 3 aromatic rings. The second-order valence-electron chi connectivity index (χ2n) is 9.52. The lowest BCUT2D eigenvalue weighted by Gasteiger charge is -2.34. The molecule has 1 atom stereocenters. The highest BCUT2D eigenvalue weighted by molar-refractivity contribution is 7.92. The second kappa shape index (κ2) is 13.9. The van der Waals surface area contributed by atoms with Crippen LogP contribution < -0.4 is 9.62 Å². The van der Waals surface area contributed by atoms with Crippen LogP contribution in [-0.4, -0.2) is 50.5 Å². The molecule has 0 spiro atoms. The third-order valence-corrected chi connectivity index (χ3v) is 7.59. The van der Waals surface area contributed by atoms with Crippen LogP contribution in [0.5, 0.6) is 0 Å². The Bertz CT molecular complexity index is 1370. The SMILES string of the molecule is CCCCNC(=O)[C@H](Cc1ccccc1)N(Cc1ccccc1F)C(=O)CN(c1ccccc1C)S(C)(=O)=O. The average Bonchev–Trinajstić information content (AvgIpc) is 2.90. The summed E-state index contributed by atoms with van der Waals surface area (Å²) in [5, 5.41) is 2.91. The fraction of sp³-hybridized carbons (Fsp3) is 0.333. The molecule has 0 aliphatic heterocycles. The monoisotopic (exact) mass is 553 g/mol. The number of anilines is 1. The van der Waals surface area contributed by atoms with Crippen molar-refractivity contribution >= 4 is 27.5 Å². The van der Waals surface area contributed by atoms with Crippen LogP contribution in [0.4, 0.5) is 10.1 Å². The molecule has 3 aromatic carbocycles. The molecule has 0 saturated heterocycles. The number of nitrogens with zero attached hydrogens (tertiary/aromatic N) is 2. The van der Waals surface area contributed by atoms with E-state index in [0.717, 1.165) is 29.0 Å². The summed E-state index contributed by atoms with van der Waals surface area (Å²) in [4.78, 5) is 28.8. The predicted molar refractivity (Wildman–Crippen MR) is 152 cm³/mol. The number of carbonyl (C=O) groups is 2. The van der Waals surface area contributed by atoms with E-state index in [1.165, 1.54) is 11.0 Å². The summed E-state index contributed by atoms with van der Waals surface area (Å²) >= 11 is 0. The van der Waals surface area contributed by atoms with Gasteiger partial charge in [0.15, 0.2) is 0 Å². The number of aryl methyl sites for hydroxylation is 1. The fourth-order valence-corrected chi connectivity index (χ4v) is 5.22. The summed E-state index contributed by atoms with van der Waals surface area (Å²) < 4.78 is 41.5. The van der Waals surface area contributed by atoms with Crippen molar-refractivity contribution in [1.82, 2.24) is 10.2 Å². The summed E-state index contributed by atoms with van der Waals surface area (Å²) in [6.45, 7) is 3.46. The first kappa shape index (κ1) is 29.8. The maximum Gasteiger partial charge on any atom is 0.244 e. The van der Waals surface area contributed by atoms with Gasteiger partial charge in [-0.1, -0.05) is 80.1 Å². The quantitative estimate of drug-likeness (QED) is 0.317. The Hall–Kier alpha value is -3.72. The number of rotatable bonds is 13. The first-order valence-corrected chi connectivity index (χ1v) is 14.8. The third kappa shape index (κ3) is 8.38. The van der Waals surface area contributed by atoms with Crippen LogP contribution in [0.1, 0.15) is 36.5 Å². The van der Waals surface area contributed by atoms with Crippen LogP contribution in [0, 0.1) is 12.7 Å². The van der Waals surface area contributed by atoms with Gasteiger partial charge in [-0.05, 0) is 36.6 Å². The first-order chi connectivity index (χ1) is 18.6. The molecule has 7 nitrogen and oxygen atoms in total. The predicted octanol–water partition coefficient (Wildman–Crippen LogP) is 4.46. The smallest absolute Gasteiger partial charge is 0.244 e. The Morgan fingerprint density at radius 1 is 0.949 bits per heavy atom. The van der Waals surface area contributed by atoms with Crippen molar-refractivity contribution in [3.63, 3.8) is 0 Å². The van der Waals surface area contributed by atoms with Crippen molar-refractivity contribution in [2.45, 2.75) is 45.7 Å². The Morgan fingerprint density at radius 2 is 1.59 bits per heavy atom. The van der Waals surface area contributed by atoms with Gasteiger partial charge in [0.2, 0.25) is 21.8 Å². The van der Waals surface area contributed by atoms with Gasteiger partial charge in [0.1, 0.15) is 18.4 Å².